The molecule has 0 bridgehead atoms. The molecule has 0 aliphatic carbocycles. The van der Waals surface area contributed by atoms with Crippen LogP contribution in [0.2, 0.25) is 0 Å². The van der Waals surface area contributed by atoms with Crippen LogP contribution in [0.3, 0.4) is 0 Å². The third kappa shape index (κ3) is 6.40. The Balaban J connectivity index is 0. The lowest BCUT2D eigenvalue weighted by atomic mass is 10.1. The van der Waals surface area contributed by atoms with Gasteiger partial charge in [0.1, 0.15) is 5.60 Å². The summed E-state index contributed by atoms with van der Waals surface area (Å²) in [5.41, 5.74) is 5.36. The maximum absolute atomic E-state index is 11.6. The summed E-state index contributed by atoms with van der Waals surface area (Å²) < 4.78 is 5.26. The second-order valence-corrected chi connectivity index (χ2v) is 4.83. The number of carbonyl (C=O) groups excluding carboxylic acids is 1. The van der Waals surface area contributed by atoms with E-state index in [-0.39, 0.29) is 36.9 Å². The highest BCUT2D eigenvalue weighted by Crippen LogP contribution is 2.14. The molecule has 0 aromatic heterocycles. The zero-order chi connectivity index (χ0) is 10.8. The number of hydrogen-bond acceptors (Lipinski definition) is 3. The first kappa shape index (κ1) is 18.2. The largest absolute Gasteiger partial charge is 0.444 e. The zero-order valence-corrected chi connectivity index (χ0v) is 11.7. The van der Waals surface area contributed by atoms with Crippen molar-refractivity contribution >= 4 is 30.9 Å². The van der Waals surface area contributed by atoms with Gasteiger partial charge in [-0.15, -0.1) is 24.8 Å². The van der Waals surface area contributed by atoms with Crippen LogP contribution in [0.25, 0.3) is 0 Å². The molecule has 0 aromatic carbocycles. The van der Waals surface area contributed by atoms with Gasteiger partial charge in [-0.05, 0) is 33.6 Å². The van der Waals surface area contributed by atoms with Crippen LogP contribution >= 0.6 is 24.8 Å². The Morgan fingerprint density at radius 2 is 1.94 bits per heavy atom. The minimum Gasteiger partial charge on any atom is -0.444 e. The van der Waals surface area contributed by atoms with E-state index >= 15 is 0 Å². The Labute approximate surface area is 110 Å². The normalized spacial score (nSPS) is 20.5. The van der Waals surface area contributed by atoms with E-state index in [0.717, 1.165) is 19.4 Å². The van der Waals surface area contributed by atoms with Crippen LogP contribution in [-0.4, -0.2) is 35.7 Å². The molecule has 0 aromatic rings. The van der Waals surface area contributed by atoms with Crippen molar-refractivity contribution in [2.45, 2.75) is 45.3 Å². The van der Waals surface area contributed by atoms with Gasteiger partial charge >= 0.3 is 6.09 Å². The molecule has 6 heteroatoms. The predicted octanol–water partition coefficient (Wildman–Crippen LogP) is 2.19. The first-order chi connectivity index (χ1) is 6.38. The number of nitrogens with zero attached hydrogens (tertiary/aromatic N) is 1. The smallest absolute Gasteiger partial charge is 0.410 e. The third-order valence-electron chi connectivity index (χ3n) is 2.11. The zero-order valence-electron chi connectivity index (χ0n) is 10.1. The summed E-state index contributed by atoms with van der Waals surface area (Å²) in [7, 11) is 0. The van der Waals surface area contributed by atoms with Crippen molar-refractivity contribution in [2.24, 2.45) is 5.73 Å². The molecule has 1 heterocycles. The first-order valence-corrected chi connectivity index (χ1v) is 5.12. The third-order valence-corrected chi connectivity index (χ3v) is 2.11. The molecule has 1 amide bonds. The van der Waals surface area contributed by atoms with Gasteiger partial charge < -0.3 is 15.4 Å². The summed E-state index contributed by atoms with van der Waals surface area (Å²) in [5, 5.41) is 0. The van der Waals surface area contributed by atoms with Crippen molar-refractivity contribution in [3.8, 4) is 0 Å². The lowest BCUT2D eigenvalue weighted by Crippen LogP contribution is -2.47. The van der Waals surface area contributed by atoms with Gasteiger partial charge in [0, 0.05) is 19.1 Å². The van der Waals surface area contributed by atoms with Crippen LogP contribution < -0.4 is 5.73 Å². The number of carbonyl (C=O) groups is 1. The molecule has 1 saturated heterocycles. The SMILES string of the molecule is CC(C)(C)OC(=O)N1CCCC(N)C1.Cl.Cl. The highest BCUT2D eigenvalue weighted by atomic mass is 35.5. The second kappa shape index (κ2) is 7.20. The lowest BCUT2D eigenvalue weighted by molar-refractivity contribution is 0.0200. The quantitative estimate of drug-likeness (QED) is 0.736. The number of rotatable bonds is 0. The van der Waals surface area contributed by atoms with Crippen molar-refractivity contribution in [1.29, 1.82) is 0 Å². The molecular formula is C10H22Cl2N2O2. The Hall–Kier alpha value is -0.190. The van der Waals surface area contributed by atoms with Gasteiger partial charge in [-0.3, -0.25) is 0 Å². The summed E-state index contributed by atoms with van der Waals surface area (Å²) in [6.45, 7) is 7.00. The van der Waals surface area contributed by atoms with Gasteiger partial charge in [-0.25, -0.2) is 4.79 Å². The average molecular weight is 273 g/mol. The van der Waals surface area contributed by atoms with Gasteiger partial charge in [-0.1, -0.05) is 0 Å². The minimum absolute atomic E-state index is 0. The molecule has 0 saturated carbocycles. The fourth-order valence-corrected chi connectivity index (χ4v) is 1.50. The lowest BCUT2D eigenvalue weighted by Gasteiger charge is -2.32. The second-order valence-electron chi connectivity index (χ2n) is 4.83. The monoisotopic (exact) mass is 272 g/mol. The summed E-state index contributed by atoms with van der Waals surface area (Å²) in [4.78, 5) is 13.3. The Kier molecular flexibility index (Phi) is 8.18. The molecule has 1 fully saturated rings. The van der Waals surface area contributed by atoms with Crippen molar-refractivity contribution in [1.82, 2.24) is 4.90 Å². The number of nitrogens with two attached hydrogens (primary N) is 1. The van der Waals surface area contributed by atoms with E-state index in [0.29, 0.717) is 6.54 Å². The first-order valence-electron chi connectivity index (χ1n) is 5.12. The van der Waals surface area contributed by atoms with E-state index in [1.165, 1.54) is 0 Å². The molecule has 0 radical (unpaired) electrons. The molecule has 0 spiro atoms. The van der Waals surface area contributed by atoms with E-state index in [2.05, 4.69) is 0 Å². The van der Waals surface area contributed by atoms with E-state index < -0.39 is 5.60 Å². The summed E-state index contributed by atoms with van der Waals surface area (Å²) in [6, 6.07) is 0.108. The van der Waals surface area contributed by atoms with Crippen LogP contribution in [0.5, 0.6) is 0 Å². The van der Waals surface area contributed by atoms with Crippen LogP contribution in [0, 0.1) is 0 Å². The fraction of sp³-hybridized carbons (Fsp3) is 0.900. The maximum atomic E-state index is 11.6. The Morgan fingerprint density at radius 1 is 1.38 bits per heavy atom. The van der Waals surface area contributed by atoms with Gasteiger partial charge in [0.25, 0.3) is 0 Å². The van der Waals surface area contributed by atoms with E-state index in [9.17, 15) is 4.79 Å². The number of ether oxygens (including phenoxy) is 1. The van der Waals surface area contributed by atoms with Crippen molar-refractivity contribution in [3.63, 3.8) is 0 Å². The molecule has 1 aliphatic heterocycles. The molecule has 1 atom stereocenters. The van der Waals surface area contributed by atoms with Crippen molar-refractivity contribution in [3.05, 3.63) is 0 Å². The maximum Gasteiger partial charge on any atom is 0.410 e. The molecular weight excluding hydrogens is 251 g/mol. The number of likely N-dealkylation sites (tertiary alicyclic amines) is 1. The standard InChI is InChI=1S/C10H20N2O2.2ClH/c1-10(2,3)14-9(13)12-6-4-5-8(11)7-12;;/h8H,4-7,11H2,1-3H3;2*1H. The van der Waals surface area contributed by atoms with E-state index in [1.54, 1.807) is 4.90 Å². The number of halogens is 2. The molecule has 16 heavy (non-hydrogen) atoms. The summed E-state index contributed by atoms with van der Waals surface area (Å²) in [6.07, 6.45) is 1.73. The molecule has 98 valence electrons. The molecule has 4 nitrogen and oxygen atoms in total. The van der Waals surface area contributed by atoms with Crippen molar-refractivity contribution < 1.29 is 9.53 Å². The molecule has 1 rings (SSSR count). The van der Waals surface area contributed by atoms with Gasteiger partial charge in [-0.2, -0.15) is 0 Å². The number of piperidine rings is 1. The van der Waals surface area contributed by atoms with Gasteiger partial charge in [0.15, 0.2) is 0 Å². The molecule has 1 unspecified atom stereocenters. The van der Waals surface area contributed by atoms with Gasteiger partial charge in [0.2, 0.25) is 0 Å². The van der Waals surface area contributed by atoms with Crippen LogP contribution in [0.1, 0.15) is 33.6 Å². The van der Waals surface area contributed by atoms with E-state index in [1.807, 2.05) is 20.8 Å². The van der Waals surface area contributed by atoms with Gasteiger partial charge in [0.05, 0.1) is 0 Å². The summed E-state index contributed by atoms with van der Waals surface area (Å²) >= 11 is 0. The van der Waals surface area contributed by atoms with E-state index in [4.69, 9.17) is 10.5 Å². The fourth-order valence-electron chi connectivity index (χ4n) is 1.50. The van der Waals surface area contributed by atoms with Crippen LogP contribution in [0.4, 0.5) is 4.79 Å². The summed E-state index contributed by atoms with van der Waals surface area (Å²) in [5.74, 6) is 0. The predicted molar refractivity (Wildman–Crippen MR) is 69.5 cm³/mol. The topological polar surface area (TPSA) is 55.6 Å². The van der Waals surface area contributed by atoms with Crippen LogP contribution in [-0.2, 0) is 4.74 Å². The minimum atomic E-state index is -0.418. The number of hydrogen-bond donors (Lipinski definition) is 1. The average Bonchev–Trinajstić information content (AvgIpc) is 2.01. The molecule has 1 aliphatic rings. The Morgan fingerprint density at radius 3 is 2.38 bits per heavy atom. The van der Waals surface area contributed by atoms with Crippen molar-refractivity contribution in [2.75, 3.05) is 13.1 Å². The highest BCUT2D eigenvalue weighted by molar-refractivity contribution is 5.85. The highest BCUT2D eigenvalue weighted by Gasteiger charge is 2.25. The Bertz CT molecular complexity index is 219. The molecule has 2 N–H and O–H groups in total. The van der Waals surface area contributed by atoms with Crippen LogP contribution in [0.15, 0.2) is 0 Å². The number of amides is 1.